The molecule has 0 unspecified atom stereocenters. The SMILES string of the molecule is Cc1cc([C@H]2CN(c3cc4nc(C)n(C)c(=O)c4c(-c4ccc(F)cc4F)n3)CCO2)ccn1. The summed E-state index contributed by atoms with van der Waals surface area (Å²) < 4.78 is 35.8. The summed E-state index contributed by atoms with van der Waals surface area (Å²) in [5.74, 6) is -0.425. The van der Waals surface area contributed by atoms with Gasteiger partial charge >= 0.3 is 0 Å². The van der Waals surface area contributed by atoms with Crippen LogP contribution in [0.15, 0.2) is 47.4 Å². The van der Waals surface area contributed by atoms with E-state index >= 15 is 0 Å². The normalized spacial score (nSPS) is 16.3. The predicted molar refractivity (Wildman–Crippen MR) is 125 cm³/mol. The highest BCUT2D eigenvalue weighted by molar-refractivity contribution is 5.93. The minimum Gasteiger partial charge on any atom is -0.370 e. The first kappa shape index (κ1) is 22.1. The fourth-order valence-corrected chi connectivity index (χ4v) is 4.25. The molecule has 0 saturated carbocycles. The number of aromatic nitrogens is 4. The molecular weight excluding hydrogens is 440 g/mol. The molecule has 5 rings (SSSR count). The van der Waals surface area contributed by atoms with Crippen molar-refractivity contribution in [1.82, 2.24) is 19.5 Å². The van der Waals surface area contributed by atoms with E-state index in [1.54, 1.807) is 26.2 Å². The van der Waals surface area contributed by atoms with Crippen LogP contribution in [-0.2, 0) is 11.8 Å². The Morgan fingerprint density at radius 2 is 1.91 bits per heavy atom. The Hall–Kier alpha value is -3.72. The zero-order valence-electron chi connectivity index (χ0n) is 19.0. The van der Waals surface area contributed by atoms with Crippen molar-refractivity contribution in [2.45, 2.75) is 20.0 Å². The molecule has 1 fully saturated rings. The van der Waals surface area contributed by atoms with Crippen molar-refractivity contribution in [3.63, 3.8) is 0 Å². The van der Waals surface area contributed by atoms with E-state index in [9.17, 15) is 13.6 Å². The molecule has 9 heteroatoms. The Balaban J connectivity index is 1.66. The topological polar surface area (TPSA) is 73.1 Å². The smallest absolute Gasteiger partial charge is 0.263 e. The van der Waals surface area contributed by atoms with Gasteiger partial charge in [0, 0.05) is 49.7 Å². The standard InChI is InChI=1S/C25H23F2N5O2/c1-14-10-16(6-7-28-14)21-13-32(8-9-34-21)22-12-20-23(25(33)31(3)15(2)29-20)24(30-22)18-5-4-17(26)11-19(18)27/h4-7,10-12,21H,8-9,13H2,1-3H3/t21-/m1/s1. The van der Waals surface area contributed by atoms with Gasteiger partial charge in [-0.25, -0.2) is 18.7 Å². The quantitative estimate of drug-likeness (QED) is 0.459. The molecule has 0 radical (unpaired) electrons. The maximum absolute atomic E-state index is 14.8. The van der Waals surface area contributed by atoms with Crippen molar-refractivity contribution in [3.8, 4) is 11.3 Å². The Morgan fingerprint density at radius 3 is 2.68 bits per heavy atom. The maximum atomic E-state index is 14.8. The number of nitrogens with zero attached hydrogens (tertiary/aromatic N) is 5. The van der Waals surface area contributed by atoms with Gasteiger partial charge in [0.2, 0.25) is 0 Å². The van der Waals surface area contributed by atoms with Crippen LogP contribution in [0.3, 0.4) is 0 Å². The summed E-state index contributed by atoms with van der Waals surface area (Å²) in [5.41, 5.74) is 2.16. The fraction of sp³-hybridized carbons (Fsp3) is 0.280. The average molecular weight is 463 g/mol. The van der Waals surface area contributed by atoms with E-state index in [1.165, 1.54) is 10.6 Å². The molecule has 1 aliphatic heterocycles. The first-order valence-corrected chi connectivity index (χ1v) is 10.9. The molecule has 1 saturated heterocycles. The summed E-state index contributed by atoms with van der Waals surface area (Å²) in [4.78, 5) is 28.7. The molecule has 1 aliphatic rings. The number of ether oxygens (including phenoxy) is 1. The Morgan fingerprint density at radius 1 is 1.09 bits per heavy atom. The molecule has 0 N–H and O–H groups in total. The van der Waals surface area contributed by atoms with E-state index in [0.29, 0.717) is 36.9 Å². The van der Waals surface area contributed by atoms with Crippen LogP contribution in [0.25, 0.3) is 22.2 Å². The Bertz CT molecular complexity index is 1470. The van der Waals surface area contributed by atoms with E-state index in [0.717, 1.165) is 23.4 Å². The third-order valence-electron chi connectivity index (χ3n) is 6.14. The number of pyridine rings is 2. The van der Waals surface area contributed by atoms with Crippen molar-refractivity contribution in [2.75, 3.05) is 24.6 Å². The lowest BCUT2D eigenvalue weighted by Gasteiger charge is -2.34. The first-order valence-electron chi connectivity index (χ1n) is 10.9. The Labute approximate surface area is 194 Å². The molecule has 4 aromatic rings. The number of hydrogen-bond donors (Lipinski definition) is 0. The predicted octanol–water partition coefficient (Wildman–Crippen LogP) is 3.86. The van der Waals surface area contributed by atoms with Gasteiger partial charge in [0.1, 0.15) is 29.4 Å². The lowest BCUT2D eigenvalue weighted by Crippen LogP contribution is -2.39. The van der Waals surface area contributed by atoms with Crippen molar-refractivity contribution in [2.24, 2.45) is 7.05 Å². The van der Waals surface area contributed by atoms with E-state index in [1.807, 2.05) is 24.0 Å². The molecule has 1 aromatic carbocycles. The van der Waals surface area contributed by atoms with Crippen LogP contribution in [0.1, 0.15) is 23.2 Å². The van der Waals surface area contributed by atoms with Gasteiger partial charge in [0.25, 0.3) is 5.56 Å². The van der Waals surface area contributed by atoms with Crippen molar-refractivity contribution in [3.05, 3.63) is 81.7 Å². The summed E-state index contributed by atoms with van der Waals surface area (Å²) in [5, 5.41) is 0.192. The largest absolute Gasteiger partial charge is 0.370 e. The van der Waals surface area contributed by atoms with Crippen LogP contribution in [-0.4, -0.2) is 39.2 Å². The molecule has 34 heavy (non-hydrogen) atoms. The van der Waals surface area contributed by atoms with Gasteiger partial charge in [-0.05, 0) is 43.7 Å². The number of halogens is 2. The van der Waals surface area contributed by atoms with Gasteiger partial charge < -0.3 is 9.64 Å². The average Bonchev–Trinajstić information content (AvgIpc) is 2.82. The van der Waals surface area contributed by atoms with E-state index in [-0.39, 0.29) is 28.3 Å². The minimum atomic E-state index is -0.791. The molecule has 174 valence electrons. The molecule has 7 nitrogen and oxygen atoms in total. The zero-order chi connectivity index (χ0) is 24.0. The highest BCUT2D eigenvalue weighted by atomic mass is 19.1. The second-order valence-electron chi connectivity index (χ2n) is 8.41. The number of rotatable bonds is 3. The van der Waals surface area contributed by atoms with Crippen LogP contribution in [0.2, 0.25) is 0 Å². The van der Waals surface area contributed by atoms with Gasteiger partial charge in [0.05, 0.1) is 23.2 Å². The van der Waals surface area contributed by atoms with Gasteiger partial charge in [-0.2, -0.15) is 0 Å². The molecule has 3 aromatic heterocycles. The lowest BCUT2D eigenvalue weighted by molar-refractivity contribution is 0.0394. The number of aryl methyl sites for hydroxylation is 2. The molecule has 0 spiro atoms. The van der Waals surface area contributed by atoms with Gasteiger partial charge in [-0.3, -0.25) is 14.3 Å². The van der Waals surface area contributed by atoms with E-state index in [4.69, 9.17) is 9.72 Å². The second-order valence-corrected chi connectivity index (χ2v) is 8.41. The zero-order valence-corrected chi connectivity index (χ0v) is 19.0. The maximum Gasteiger partial charge on any atom is 0.263 e. The monoisotopic (exact) mass is 463 g/mol. The molecule has 1 atom stereocenters. The van der Waals surface area contributed by atoms with Crippen LogP contribution in [0.5, 0.6) is 0 Å². The number of hydrogen-bond acceptors (Lipinski definition) is 6. The van der Waals surface area contributed by atoms with E-state index in [2.05, 4.69) is 9.97 Å². The van der Waals surface area contributed by atoms with Crippen LogP contribution in [0.4, 0.5) is 14.6 Å². The summed E-state index contributed by atoms with van der Waals surface area (Å²) in [6.45, 7) is 5.20. The number of benzene rings is 1. The second kappa shape index (κ2) is 8.57. The number of fused-ring (bicyclic) bond motifs is 1. The molecule has 4 heterocycles. The highest BCUT2D eigenvalue weighted by Crippen LogP contribution is 2.32. The number of morpholine rings is 1. The van der Waals surface area contributed by atoms with Crippen LogP contribution >= 0.6 is 0 Å². The van der Waals surface area contributed by atoms with Crippen LogP contribution in [0, 0.1) is 25.5 Å². The van der Waals surface area contributed by atoms with Gasteiger partial charge in [0.15, 0.2) is 0 Å². The van der Waals surface area contributed by atoms with Gasteiger partial charge in [-0.15, -0.1) is 0 Å². The summed E-state index contributed by atoms with van der Waals surface area (Å²) in [6, 6.07) is 8.89. The summed E-state index contributed by atoms with van der Waals surface area (Å²) in [6.07, 6.45) is 1.55. The molecular formula is C25H23F2N5O2. The summed E-state index contributed by atoms with van der Waals surface area (Å²) in [7, 11) is 1.60. The van der Waals surface area contributed by atoms with Crippen molar-refractivity contribution < 1.29 is 13.5 Å². The highest BCUT2D eigenvalue weighted by Gasteiger charge is 2.26. The minimum absolute atomic E-state index is 0.0468. The lowest BCUT2D eigenvalue weighted by atomic mass is 10.1. The van der Waals surface area contributed by atoms with Gasteiger partial charge in [-0.1, -0.05) is 0 Å². The fourth-order valence-electron chi connectivity index (χ4n) is 4.25. The molecule has 0 amide bonds. The molecule has 0 bridgehead atoms. The Kier molecular flexibility index (Phi) is 5.57. The third kappa shape index (κ3) is 3.92. The number of anilines is 1. The van der Waals surface area contributed by atoms with Crippen LogP contribution < -0.4 is 10.5 Å². The van der Waals surface area contributed by atoms with Crippen molar-refractivity contribution >= 4 is 16.7 Å². The third-order valence-corrected chi connectivity index (χ3v) is 6.14. The molecule has 0 aliphatic carbocycles. The first-order chi connectivity index (χ1) is 16.3. The van der Waals surface area contributed by atoms with E-state index < -0.39 is 11.6 Å². The summed E-state index contributed by atoms with van der Waals surface area (Å²) >= 11 is 0. The van der Waals surface area contributed by atoms with Crippen molar-refractivity contribution in [1.29, 1.82) is 0 Å².